The van der Waals surface area contributed by atoms with E-state index in [-0.39, 0.29) is 25.7 Å². The molecule has 16 heavy (non-hydrogen) atoms. The highest BCUT2D eigenvalue weighted by Gasteiger charge is 2.44. The Hall–Kier alpha value is -0.690. The summed E-state index contributed by atoms with van der Waals surface area (Å²) in [6, 6.07) is 0. The van der Waals surface area contributed by atoms with Crippen LogP contribution in [0.15, 0.2) is 0 Å². The molecule has 1 fully saturated rings. The minimum atomic E-state index is -4.11. The average Bonchev–Trinajstić information content (AvgIpc) is 2.17. The zero-order valence-corrected chi connectivity index (χ0v) is 9.19. The zero-order chi connectivity index (χ0) is 12.2. The minimum absolute atomic E-state index is 0.0378. The van der Waals surface area contributed by atoms with Gasteiger partial charge in [-0.3, -0.25) is 0 Å². The Balaban J connectivity index is 2.38. The second-order valence-electron chi connectivity index (χ2n) is 4.60. The van der Waals surface area contributed by atoms with Gasteiger partial charge in [-0.25, -0.2) is 0 Å². The van der Waals surface area contributed by atoms with Crippen LogP contribution in [0.4, 0.5) is 13.2 Å². The molecule has 0 spiro atoms. The number of alkyl halides is 3. The number of rotatable bonds is 3. The van der Waals surface area contributed by atoms with E-state index in [4.69, 9.17) is 6.42 Å². The number of terminal acetylenes is 1. The molecule has 1 N–H and O–H groups in total. The van der Waals surface area contributed by atoms with E-state index < -0.39 is 17.7 Å². The first kappa shape index (κ1) is 13.4. The van der Waals surface area contributed by atoms with Crippen molar-refractivity contribution >= 4 is 0 Å². The van der Waals surface area contributed by atoms with E-state index >= 15 is 0 Å². The van der Waals surface area contributed by atoms with Gasteiger partial charge >= 0.3 is 6.18 Å². The molecule has 0 aromatic carbocycles. The first-order chi connectivity index (χ1) is 7.37. The zero-order valence-electron chi connectivity index (χ0n) is 9.19. The lowest BCUT2D eigenvalue weighted by Crippen LogP contribution is -2.38. The SMILES string of the molecule is C#CCCCC1(O)CCC(C(F)(F)F)CC1. The third kappa shape index (κ3) is 3.71. The summed E-state index contributed by atoms with van der Waals surface area (Å²) in [5.41, 5.74) is -0.918. The van der Waals surface area contributed by atoms with Crippen molar-refractivity contribution < 1.29 is 18.3 Å². The molecule has 92 valence electrons. The molecule has 0 aliphatic heterocycles. The van der Waals surface area contributed by atoms with E-state index in [2.05, 4.69) is 5.92 Å². The lowest BCUT2D eigenvalue weighted by Gasteiger charge is -2.36. The topological polar surface area (TPSA) is 20.2 Å². The minimum Gasteiger partial charge on any atom is -0.390 e. The Bertz CT molecular complexity index is 256. The van der Waals surface area contributed by atoms with E-state index in [1.165, 1.54) is 0 Å². The van der Waals surface area contributed by atoms with Crippen LogP contribution in [0.5, 0.6) is 0 Å². The molecule has 0 aromatic heterocycles. The van der Waals surface area contributed by atoms with Crippen LogP contribution in [0.3, 0.4) is 0 Å². The molecule has 1 aliphatic carbocycles. The summed E-state index contributed by atoms with van der Waals surface area (Å²) in [7, 11) is 0. The van der Waals surface area contributed by atoms with Crippen LogP contribution in [-0.2, 0) is 0 Å². The van der Waals surface area contributed by atoms with Crippen molar-refractivity contribution in [1.29, 1.82) is 0 Å². The predicted octanol–water partition coefficient (Wildman–Crippen LogP) is 3.27. The summed E-state index contributed by atoms with van der Waals surface area (Å²) in [4.78, 5) is 0. The number of aliphatic hydroxyl groups is 1. The Morgan fingerprint density at radius 3 is 2.31 bits per heavy atom. The van der Waals surface area contributed by atoms with Crippen molar-refractivity contribution in [3.05, 3.63) is 0 Å². The average molecular weight is 234 g/mol. The predicted molar refractivity (Wildman–Crippen MR) is 55.6 cm³/mol. The maximum atomic E-state index is 12.4. The maximum absolute atomic E-state index is 12.4. The summed E-state index contributed by atoms with van der Waals surface area (Å²) < 4.78 is 37.2. The Morgan fingerprint density at radius 1 is 1.31 bits per heavy atom. The van der Waals surface area contributed by atoms with E-state index in [0.717, 1.165) is 0 Å². The van der Waals surface area contributed by atoms with Gasteiger partial charge < -0.3 is 5.11 Å². The lowest BCUT2D eigenvalue weighted by atomic mass is 9.76. The monoisotopic (exact) mass is 234 g/mol. The summed E-state index contributed by atoms with van der Waals surface area (Å²) in [5.74, 6) is 1.23. The quantitative estimate of drug-likeness (QED) is 0.587. The van der Waals surface area contributed by atoms with Crippen LogP contribution >= 0.6 is 0 Å². The van der Waals surface area contributed by atoms with Gasteiger partial charge in [0, 0.05) is 6.42 Å². The molecular formula is C12H17F3O. The van der Waals surface area contributed by atoms with Gasteiger partial charge in [0.05, 0.1) is 11.5 Å². The molecule has 1 aliphatic rings. The molecule has 0 aromatic rings. The molecule has 0 bridgehead atoms. The number of unbranched alkanes of at least 4 members (excludes halogenated alkanes) is 1. The molecule has 1 saturated carbocycles. The molecule has 0 amide bonds. The molecule has 1 rings (SSSR count). The third-order valence-electron chi connectivity index (χ3n) is 3.34. The fourth-order valence-corrected chi connectivity index (χ4v) is 2.25. The van der Waals surface area contributed by atoms with E-state index in [9.17, 15) is 18.3 Å². The van der Waals surface area contributed by atoms with Gasteiger partial charge in [0.2, 0.25) is 0 Å². The highest BCUT2D eigenvalue weighted by atomic mass is 19.4. The Morgan fingerprint density at radius 2 is 1.88 bits per heavy atom. The summed E-state index contributed by atoms with van der Waals surface area (Å²) >= 11 is 0. The Kier molecular flexibility index (Phi) is 4.26. The molecule has 0 heterocycles. The fourth-order valence-electron chi connectivity index (χ4n) is 2.25. The van der Waals surface area contributed by atoms with Gasteiger partial charge in [0.25, 0.3) is 0 Å². The largest absolute Gasteiger partial charge is 0.391 e. The van der Waals surface area contributed by atoms with Crippen LogP contribution in [0.1, 0.15) is 44.9 Å². The van der Waals surface area contributed by atoms with E-state index in [1.54, 1.807) is 0 Å². The van der Waals surface area contributed by atoms with Gasteiger partial charge in [0.1, 0.15) is 0 Å². The van der Waals surface area contributed by atoms with Crippen molar-refractivity contribution in [2.75, 3.05) is 0 Å². The van der Waals surface area contributed by atoms with Gasteiger partial charge in [0.15, 0.2) is 0 Å². The van der Waals surface area contributed by atoms with Crippen molar-refractivity contribution in [3.63, 3.8) is 0 Å². The van der Waals surface area contributed by atoms with Crippen molar-refractivity contribution in [2.24, 2.45) is 5.92 Å². The molecular weight excluding hydrogens is 217 g/mol. The molecule has 4 heteroatoms. The highest BCUT2D eigenvalue weighted by Crippen LogP contribution is 2.42. The maximum Gasteiger partial charge on any atom is 0.391 e. The lowest BCUT2D eigenvalue weighted by molar-refractivity contribution is -0.192. The molecule has 0 radical (unpaired) electrons. The first-order valence-corrected chi connectivity index (χ1v) is 5.60. The molecule has 0 saturated heterocycles. The molecule has 0 atom stereocenters. The Labute approximate surface area is 94.0 Å². The molecule has 0 unspecified atom stereocenters. The van der Waals surface area contributed by atoms with Crippen molar-refractivity contribution in [2.45, 2.75) is 56.7 Å². The van der Waals surface area contributed by atoms with E-state index in [1.807, 2.05) is 0 Å². The first-order valence-electron chi connectivity index (χ1n) is 5.60. The van der Waals surface area contributed by atoms with E-state index in [0.29, 0.717) is 19.3 Å². The normalized spacial score (nSPS) is 31.1. The van der Waals surface area contributed by atoms with Crippen LogP contribution in [0, 0.1) is 18.3 Å². The summed E-state index contributed by atoms with van der Waals surface area (Å²) in [5, 5.41) is 10.0. The second kappa shape index (κ2) is 5.09. The van der Waals surface area contributed by atoms with Gasteiger partial charge in [-0.05, 0) is 38.5 Å². The number of hydrogen-bond donors (Lipinski definition) is 1. The highest BCUT2D eigenvalue weighted by molar-refractivity contribution is 4.90. The summed E-state index contributed by atoms with van der Waals surface area (Å²) in [6.45, 7) is 0. The van der Waals surface area contributed by atoms with Crippen LogP contribution in [-0.4, -0.2) is 16.9 Å². The number of hydrogen-bond acceptors (Lipinski definition) is 1. The number of halogens is 3. The molecule has 1 nitrogen and oxygen atoms in total. The summed E-state index contributed by atoms with van der Waals surface area (Å²) in [6.07, 6.45) is 3.30. The fraction of sp³-hybridized carbons (Fsp3) is 0.833. The van der Waals surface area contributed by atoms with Gasteiger partial charge in [-0.1, -0.05) is 0 Å². The van der Waals surface area contributed by atoms with Gasteiger partial charge in [-0.15, -0.1) is 12.3 Å². The van der Waals surface area contributed by atoms with Gasteiger partial charge in [-0.2, -0.15) is 13.2 Å². The van der Waals surface area contributed by atoms with Crippen LogP contribution in [0.25, 0.3) is 0 Å². The van der Waals surface area contributed by atoms with Crippen molar-refractivity contribution in [3.8, 4) is 12.3 Å². The third-order valence-corrected chi connectivity index (χ3v) is 3.34. The second-order valence-corrected chi connectivity index (χ2v) is 4.60. The smallest absolute Gasteiger partial charge is 0.390 e. The van der Waals surface area contributed by atoms with Crippen LogP contribution < -0.4 is 0 Å². The van der Waals surface area contributed by atoms with Crippen molar-refractivity contribution in [1.82, 2.24) is 0 Å². The van der Waals surface area contributed by atoms with Crippen LogP contribution in [0.2, 0.25) is 0 Å². The standard InChI is InChI=1S/C12H17F3O/c1-2-3-4-7-11(16)8-5-10(6-9-11)12(13,14)15/h1,10,16H,3-9H2.